The van der Waals surface area contributed by atoms with Gasteiger partial charge in [0.1, 0.15) is 5.92 Å². The molecular weight excluding hydrogens is 280 g/mol. The summed E-state index contributed by atoms with van der Waals surface area (Å²) in [6.07, 6.45) is 4.44. The third-order valence-electron chi connectivity index (χ3n) is 3.80. The van der Waals surface area contributed by atoms with E-state index in [-0.39, 0.29) is 11.8 Å². The molecule has 0 rings (SSSR count). The molecule has 0 aromatic rings. The summed E-state index contributed by atoms with van der Waals surface area (Å²) in [5, 5.41) is 0. The molecule has 0 N–H and O–H groups in total. The van der Waals surface area contributed by atoms with E-state index in [4.69, 9.17) is 4.74 Å². The zero-order valence-corrected chi connectivity index (χ0v) is 15.1. The van der Waals surface area contributed by atoms with Gasteiger partial charge in [-0.1, -0.05) is 26.7 Å². The Morgan fingerprint density at radius 3 is 1.73 bits per heavy atom. The first-order valence-corrected chi connectivity index (χ1v) is 8.57. The highest BCUT2D eigenvalue weighted by Crippen LogP contribution is 2.13. The van der Waals surface area contributed by atoms with Crippen molar-refractivity contribution in [2.24, 2.45) is 5.92 Å². The molecule has 0 aromatic carbocycles. The summed E-state index contributed by atoms with van der Waals surface area (Å²) in [6, 6.07) is 0. The van der Waals surface area contributed by atoms with Gasteiger partial charge in [0.05, 0.1) is 0 Å². The Morgan fingerprint density at radius 1 is 0.909 bits per heavy atom. The third-order valence-corrected chi connectivity index (χ3v) is 3.80. The van der Waals surface area contributed by atoms with Crippen LogP contribution in [0.4, 0.5) is 0 Å². The second-order valence-corrected chi connectivity index (χ2v) is 5.76. The molecule has 0 aromatic heterocycles. The summed E-state index contributed by atoms with van der Waals surface area (Å²) >= 11 is 0. The van der Waals surface area contributed by atoms with Crippen LogP contribution in [0.3, 0.4) is 0 Å². The maximum Gasteiger partial charge on any atom is 0.234 e. The van der Waals surface area contributed by atoms with Crippen molar-refractivity contribution in [1.82, 2.24) is 9.80 Å². The SMILES string of the molecule is CCCCN(C)C(=O)C(CCOCC)C(=O)N(C)CCCC. The van der Waals surface area contributed by atoms with Crippen molar-refractivity contribution in [3.63, 3.8) is 0 Å². The molecule has 0 saturated heterocycles. The van der Waals surface area contributed by atoms with Gasteiger partial charge in [-0.15, -0.1) is 0 Å². The van der Waals surface area contributed by atoms with E-state index in [1.165, 1.54) is 0 Å². The van der Waals surface area contributed by atoms with Crippen LogP contribution in [-0.2, 0) is 14.3 Å². The second kappa shape index (κ2) is 12.4. The summed E-state index contributed by atoms with van der Waals surface area (Å²) in [4.78, 5) is 28.5. The number of unbranched alkanes of at least 4 members (excludes halogenated alkanes) is 2. The maximum absolute atomic E-state index is 12.6. The van der Waals surface area contributed by atoms with Crippen molar-refractivity contribution in [2.75, 3.05) is 40.4 Å². The highest BCUT2D eigenvalue weighted by molar-refractivity contribution is 6.00. The molecule has 0 saturated carbocycles. The summed E-state index contributed by atoms with van der Waals surface area (Å²) in [7, 11) is 3.57. The number of rotatable bonds is 12. The molecule has 2 amide bonds. The van der Waals surface area contributed by atoms with E-state index in [0.717, 1.165) is 25.7 Å². The fraction of sp³-hybridized carbons (Fsp3) is 0.882. The van der Waals surface area contributed by atoms with Crippen molar-refractivity contribution < 1.29 is 14.3 Å². The van der Waals surface area contributed by atoms with Crippen molar-refractivity contribution in [3.8, 4) is 0 Å². The van der Waals surface area contributed by atoms with Gasteiger partial charge in [-0.05, 0) is 26.2 Å². The molecule has 0 bridgehead atoms. The van der Waals surface area contributed by atoms with Gasteiger partial charge in [-0.2, -0.15) is 0 Å². The fourth-order valence-corrected chi connectivity index (χ4v) is 2.24. The molecule has 0 aliphatic carbocycles. The normalized spacial score (nSPS) is 10.8. The number of carbonyl (C=O) groups excluding carboxylic acids is 2. The van der Waals surface area contributed by atoms with E-state index in [0.29, 0.717) is 32.7 Å². The summed E-state index contributed by atoms with van der Waals surface area (Å²) in [5.74, 6) is -0.779. The molecule has 0 unspecified atom stereocenters. The number of hydrogen-bond donors (Lipinski definition) is 0. The Morgan fingerprint density at radius 2 is 1.36 bits per heavy atom. The van der Waals surface area contributed by atoms with Gasteiger partial charge in [-0.3, -0.25) is 9.59 Å². The fourth-order valence-electron chi connectivity index (χ4n) is 2.24. The lowest BCUT2D eigenvalue weighted by atomic mass is 10.0. The molecule has 0 spiro atoms. The lowest BCUT2D eigenvalue weighted by Gasteiger charge is -2.27. The van der Waals surface area contributed by atoms with E-state index >= 15 is 0 Å². The molecular formula is C17H34N2O3. The average Bonchev–Trinajstić information content (AvgIpc) is 2.53. The number of hydrogen-bond acceptors (Lipinski definition) is 3. The van der Waals surface area contributed by atoms with Gasteiger partial charge in [0.2, 0.25) is 11.8 Å². The predicted octanol–water partition coefficient (Wildman–Crippen LogP) is 2.55. The number of nitrogens with zero attached hydrogens (tertiary/aromatic N) is 2. The van der Waals surface area contributed by atoms with Gasteiger partial charge in [0.15, 0.2) is 0 Å². The predicted molar refractivity (Wildman–Crippen MR) is 89.7 cm³/mol. The molecule has 0 heterocycles. The van der Waals surface area contributed by atoms with Gasteiger partial charge < -0.3 is 14.5 Å². The molecule has 0 atom stereocenters. The van der Waals surface area contributed by atoms with Crippen LogP contribution < -0.4 is 0 Å². The van der Waals surface area contributed by atoms with E-state index in [9.17, 15) is 9.59 Å². The quantitative estimate of drug-likeness (QED) is 0.411. The summed E-state index contributed by atoms with van der Waals surface area (Å²) in [5.41, 5.74) is 0. The van der Waals surface area contributed by atoms with Crippen molar-refractivity contribution in [3.05, 3.63) is 0 Å². The molecule has 5 nitrogen and oxygen atoms in total. The largest absolute Gasteiger partial charge is 0.382 e. The van der Waals surface area contributed by atoms with Gasteiger partial charge in [-0.25, -0.2) is 0 Å². The Hall–Kier alpha value is -1.10. The third kappa shape index (κ3) is 7.78. The zero-order valence-electron chi connectivity index (χ0n) is 15.1. The molecule has 130 valence electrons. The molecule has 5 heteroatoms. The molecule has 0 aliphatic heterocycles. The molecule has 0 aliphatic rings. The Balaban J connectivity index is 4.78. The highest BCUT2D eigenvalue weighted by atomic mass is 16.5. The van der Waals surface area contributed by atoms with Crippen LogP contribution in [0.5, 0.6) is 0 Å². The number of amides is 2. The Labute approximate surface area is 136 Å². The van der Waals surface area contributed by atoms with Crippen LogP contribution in [0, 0.1) is 5.92 Å². The minimum Gasteiger partial charge on any atom is -0.382 e. The summed E-state index contributed by atoms with van der Waals surface area (Å²) in [6.45, 7) is 8.55. The molecule has 22 heavy (non-hydrogen) atoms. The van der Waals surface area contributed by atoms with Crippen molar-refractivity contribution in [2.45, 2.75) is 52.9 Å². The van der Waals surface area contributed by atoms with Crippen LogP contribution in [0.15, 0.2) is 0 Å². The first-order chi connectivity index (χ1) is 10.5. The molecule has 0 fully saturated rings. The first kappa shape index (κ1) is 20.9. The van der Waals surface area contributed by atoms with E-state index in [2.05, 4.69) is 13.8 Å². The van der Waals surface area contributed by atoms with Crippen LogP contribution in [-0.4, -0.2) is 62.0 Å². The monoisotopic (exact) mass is 314 g/mol. The minimum absolute atomic E-state index is 0.0819. The first-order valence-electron chi connectivity index (χ1n) is 8.57. The van der Waals surface area contributed by atoms with Crippen LogP contribution >= 0.6 is 0 Å². The van der Waals surface area contributed by atoms with E-state index in [1.54, 1.807) is 23.9 Å². The van der Waals surface area contributed by atoms with Gasteiger partial charge >= 0.3 is 0 Å². The second-order valence-electron chi connectivity index (χ2n) is 5.76. The van der Waals surface area contributed by atoms with Gasteiger partial charge in [0, 0.05) is 40.4 Å². The van der Waals surface area contributed by atoms with Crippen LogP contribution in [0.25, 0.3) is 0 Å². The maximum atomic E-state index is 12.6. The van der Waals surface area contributed by atoms with Crippen molar-refractivity contribution in [1.29, 1.82) is 0 Å². The van der Waals surface area contributed by atoms with E-state index in [1.807, 2.05) is 6.92 Å². The van der Waals surface area contributed by atoms with E-state index < -0.39 is 5.92 Å². The standard InChI is InChI=1S/C17H34N2O3/c1-6-9-12-18(4)16(20)15(11-14-22-8-3)17(21)19(5)13-10-7-2/h15H,6-14H2,1-5H3. The van der Waals surface area contributed by atoms with Gasteiger partial charge in [0.25, 0.3) is 0 Å². The lowest BCUT2D eigenvalue weighted by molar-refractivity contribution is -0.146. The Bertz CT molecular complexity index is 295. The lowest BCUT2D eigenvalue weighted by Crippen LogP contribution is -2.44. The minimum atomic E-state index is -0.615. The number of carbonyl (C=O) groups is 2. The average molecular weight is 314 g/mol. The zero-order chi connectivity index (χ0) is 17.0. The van der Waals surface area contributed by atoms with Crippen LogP contribution in [0.2, 0.25) is 0 Å². The summed E-state index contributed by atoms with van der Waals surface area (Å²) < 4.78 is 5.34. The Kier molecular flexibility index (Phi) is 11.8. The smallest absolute Gasteiger partial charge is 0.234 e. The topological polar surface area (TPSA) is 49.9 Å². The highest BCUT2D eigenvalue weighted by Gasteiger charge is 2.30. The number of ether oxygens (including phenoxy) is 1. The van der Waals surface area contributed by atoms with Crippen LogP contribution in [0.1, 0.15) is 52.9 Å². The van der Waals surface area contributed by atoms with Crippen molar-refractivity contribution >= 4 is 11.8 Å². The molecule has 0 radical (unpaired) electrons.